The Morgan fingerprint density at radius 2 is 1.94 bits per heavy atom. The van der Waals surface area contributed by atoms with Crippen LogP contribution < -0.4 is 0 Å². The van der Waals surface area contributed by atoms with Crippen LogP contribution in [0.2, 0.25) is 0 Å². The molecule has 0 fully saturated rings. The number of thiophene rings is 1. The van der Waals surface area contributed by atoms with Crippen molar-refractivity contribution in [3.05, 3.63) is 64.4 Å². The molecular weight excluding hydrogens is 218 g/mol. The van der Waals surface area contributed by atoms with Crippen molar-refractivity contribution in [2.24, 2.45) is 5.16 Å². The molecule has 2 rings (SSSR count). The summed E-state index contributed by atoms with van der Waals surface area (Å²) in [6.45, 7) is 0. The zero-order valence-corrected chi connectivity index (χ0v) is 9.39. The average molecular weight is 229 g/mol. The molecule has 1 N–H and O–H groups in total. The van der Waals surface area contributed by atoms with Crippen LogP contribution in [0.5, 0.6) is 0 Å². The molecule has 0 saturated heterocycles. The number of rotatable bonds is 3. The summed E-state index contributed by atoms with van der Waals surface area (Å²) in [6, 6.07) is 13.8. The summed E-state index contributed by atoms with van der Waals surface area (Å²) in [5, 5.41) is 14.2. The Kier molecular flexibility index (Phi) is 3.51. The van der Waals surface area contributed by atoms with Gasteiger partial charge in [-0.3, -0.25) is 0 Å². The van der Waals surface area contributed by atoms with E-state index >= 15 is 0 Å². The summed E-state index contributed by atoms with van der Waals surface area (Å²) in [4.78, 5) is 0.953. The second-order valence-corrected chi connectivity index (χ2v) is 4.15. The number of oxime groups is 1. The Labute approximate surface area is 98.2 Å². The molecule has 0 aliphatic rings. The summed E-state index contributed by atoms with van der Waals surface area (Å²) in [5.74, 6) is 0. The molecule has 16 heavy (non-hydrogen) atoms. The third kappa shape index (κ3) is 2.58. The number of nitrogens with zero attached hydrogens (tertiary/aromatic N) is 1. The molecule has 0 amide bonds. The summed E-state index contributed by atoms with van der Waals surface area (Å²) >= 11 is 1.55. The highest BCUT2D eigenvalue weighted by Crippen LogP contribution is 2.12. The van der Waals surface area contributed by atoms with E-state index in [1.165, 1.54) is 0 Å². The first-order chi connectivity index (χ1) is 7.90. The largest absolute Gasteiger partial charge is 0.410 e. The molecule has 0 aliphatic heterocycles. The van der Waals surface area contributed by atoms with Crippen molar-refractivity contribution >= 4 is 23.1 Å². The molecule has 3 heteroatoms. The monoisotopic (exact) mass is 229 g/mol. The Bertz CT molecular complexity index is 486. The van der Waals surface area contributed by atoms with Gasteiger partial charge in [-0.25, -0.2) is 0 Å². The quantitative estimate of drug-likeness (QED) is 0.486. The van der Waals surface area contributed by atoms with Gasteiger partial charge in [0.2, 0.25) is 0 Å². The molecule has 0 radical (unpaired) electrons. The van der Waals surface area contributed by atoms with Gasteiger partial charge in [0.1, 0.15) is 5.71 Å². The van der Waals surface area contributed by atoms with E-state index in [0.717, 1.165) is 10.4 Å². The SMILES string of the molecule is ON=C(C=Cc1ccccc1)c1cccs1. The van der Waals surface area contributed by atoms with Crippen molar-refractivity contribution in [3.63, 3.8) is 0 Å². The van der Waals surface area contributed by atoms with Gasteiger partial charge in [-0.15, -0.1) is 11.3 Å². The number of hydrogen-bond acceptors (Lipinski definition) is 3. The van der Waals surface area contributed by atoms with Gasteiger partial charge in [0.15, 0.2) is 0 Å². The van der Waals surface area contributed by atoms with E-state index < -0.39 is 0 Å². The zero-order valence-electron chi connectivity index (χ0n) is 8.58. The standard InChI is InChI=1S/C13H11NOS/c15-14-12(13-7-4-10-16-13)9-8-11-5-2-1-3-6-11/h1-10,15H. The molecule has 1 aromatic carbocycles. The fourth-order valence-electron chi connectivity index (χ4n) is 1.33. The van der Waals surface area contributed by atoms with Crippen LogP contribution >= 0.6 is 11.3 Å². The Hall–Kier alpha value is -1.87. The summed E-state index contributed by atoms with van der Waals surface area (Å²) in [6.07, 6.45) is 3.73. The Morgan fingerprint density at radius 3 is 2.56 bits per heavy atom. The predicted molar refractivity (Wildman–Crippen MR) is 68.1 cm³/mol. The predicted octanol–water partition coefficient (Wildman–Crippen LogP) is 3.64. The van der Waals surface area contributed by atoms with E-state index in [2.05, 4.69) is 5.16 Å². The highest BCUT2D eigenvalue weighted by Gasteiger charge is 2.00. The van der Waals surface area contributed by atoms with Crippen molar-refractivity contribution in [1.29, 1.82) is 0 Å². The smallest absolute Gasteiger partial charge is 0.119 e. The third-order valence-electron chi connectivity index (χ3n) is 2.11. The fraction of sp³-hybridized carbons (Fsp3) is 0. The normalized spacial score (nSPS) is 12.1. The van der Waals surface area contributed by atoms with Crippen LogP contribution in [0, 0.1) is 0 Å². The average Bonchev–Trinajstić information content (AvgIpc) is 2.85. The van der Waals surface area contributed by atoms with Gasteiger partial charge in [-0.1, -0.05) is 47.6 Å². The first-order valence-corrected chi connectivity index (χ1v) is 5.77. The molecular formula is C13H11NOS. The molecule has 2 aromatic rings. The van der Waals surface area contributed by atoms with E-state index in [1.54, 1.807) is 17.4 Å². The van der Waals surface area contributed by atoms with Crippen LogP contribution in [0.15, 0.2) is 59.1 Å². The number of allylic oxidation sites excluding steroid dienone is 1. The number of benzene rings is 1. The van der Waals surface area contributed by atoms with Gasteiger partial charge in [0.05, 0.1) is 4.88 Å². The maximum atomic E-state index is 8.92. The van der Waals surface area contributed by atoms with E-state index in [-0.39, 0.29) is 0 Å². The van der Waals surface area contributed by atoms with Crippen molar-refractivity contribution in [2.75, 3.05) is 0 Å². The van der Waals surface area contributed by atoms with Gasteiger partial charge < -0.3 is 5.21 Å². The lowest BCUT2D eigenvalue weighted by molar-refractivity contribution is 0.320. The molecule has 0 atom stereocenters. The topological polar surface area (TPSA) is 32.6 Å². The lowest BCUT2D eigenvalue weighted by atomic mass is 10.2. The van der Waals surface area contributed by atoms with Gasteiger partial charge in [0, 0.05) is 0 Å². The van der Waals surface area contributed by atoms with Crippen molar-refractivity contribution in [1.82, 2.24) is 0 Å². The molecule has 2 nitrogen and oxygen atoms in total. The molecule has 0 aliphatic carbocycles. The minimum atomic E-state index is 0.582. The zero-order chi connectivity index (χ0) is 11.2. The van der Waals surface area contributed by atoms with Crippen LogP contribution in [0.3, 0.4) is 0 Å². The first kappa shape index (κ1) is 10.6. The van der Waals surface area contributed by atoms with E-state index in [1.807, 2.05) is 53.9 Å². The van der Waals surface area contributed by atoms with Gasteiger partial charge in [-0.2, -0.15) is 0 Å². The third-order valence-corrected chi connectivity index (χ3v) is 3.01. The Balaban J connectivity index is 2.18. The Morgan fingerprint density at radius 1 is 1.12 bits per heavy atom. The summed E-state index contributed by atoms with van der Waals surface area (Å²) in [7, 11) is 0. The molecule has 0 unspecified atom stereocenters. The fourth-order valence-corrected chi connectivity index (χ4v) is 2.02. The maximum absolute atomic E-state index is 8.92. The van der Waals surface area contributed by atoms with E-state index in [0.29, 0.717) is 5.71 Å². The molecule has 0 bridgehead atoms. The molecule has 0 saturated carbocycles. The summed E-state index contributed by atoms with van der Waals surface area (Å²) < 4.78 is 0. The van der Waals surface area contributed by atoms with Crippen molar-refractivity contribution in [3.8, 4) is 0 Å². The first-order valence-electron chi connectivity index (χ1n) is 4.89. The summed E-state index contributed by atoms with van der Waals surface area (Å²) in [5.41, 5.74) is 1.67. The van der Waals surface area contributed by atoms with Gasteiger partial charge >= 0.3 is 0 Å². The second kappa shape index (κ2) is 5.28. The van der Waals surface area contributed by atoms with Crippen LogP contribution in [-0.4, -0.2) is 10.9 Å². The highest BCUT2D eigenvalue weighted by molar-refractivity contribution is 7.12. The van der Waals surface area contributed by atoms with E-state index in [9.17, 15) is 0 Å². The lowest BCUT2D eigenvalue weighted by Gasteiger charge is -1.94. The van der Waals surface area contributed by atoms with Gasteiger partial charge in [0.25, 0.3) is 0 Å². The minimum absolute atomic E-state index is 0.582. The van der Waals surface area contributed by atoms with Crippen LogP contribution in [0.1, 0.15) is 10.4 Å². The van der Waals surface area contributed by atoms with Crippen LogP contribution in [0.25, 0.3) is 6.08 Å². The van der Waals surface area contributed by atoms with Crippen molar-refractivity contribution < 1.29 is 5.21 Å². The van der Waals surface area contributed by atoms with Crippen LogP contribution in [0.4, 0.5) is 0 Å². The van der Waals surface area contributed by atoms with E-state index in [4.69, 9.17) is 5.21 Å². The lowest BCUT2D eigenvalue weighted by Crippen LogP contribution is -1.91. The molecule has 0 spiro atoms. The molecule has 80 valence electrons. The van der Waals surface area contributed by atoms with Crippen molar-refractivity contribution in [2.45, 2.75) is 0 Å². The maximum Gasteiger partial charge on any atom is 0.119 e. The highest BCUT2D eigenvalue weighted by atomic mass is 32.1. The molecule has 1 heterocycles. The molecule has 1 aromatic heterocycles. The second-order valence-electron chi connectivity index (χ2n) is 3.21. The van der Waals surface area contributed by atoms with Crippen LogP contribution in [-0.2, 0) is 0 Å². The van der Waals surface area contributed by atoms with Gasteiger partial charge in [-0.05, 0) is 23.1 Å². The number of hydrogen-bond donors (Lipinski definition) is 1. The minimum Gasteiger partial charge on any atom is -0.410 e.